The van der Waals surface area contributed by atoms with Crippen LogP contribution in [0.15, 0.2) is 18.2 Å². The number of ether oxygens (including phenoxy) is 1. The van der Waals surface area contributed by atoms with E-state index in [9.17, 15) is 0 Å². The van der Waals surface area contributed by atoms with Crippen molar-refractivity contribution in [3.63, 3.8) is 0 Å². The highest BCUT2D eigenvalue weighted by atomic mass is 35.5. The van der Waals surface area contributed by atoms with Crippen LogP contribution < -0.4 is 15.8 Å². The Labute approximate surface area is 114 Å². The van der Waals surface area contributed by atoms with E-state index in [1.54, 1.807) is 7.11 Å². The second-order valence-corrected chi connectivity index (χ2v) is 5.46. The molecule has 0 saturated heterocycles. The van der Waals surface area contributed by atoms with E-state index in [-0.39, 0.29) is 11.5 Å². The number of hydrogen-bond donors (Lipinski definition) is 2. The van der Waals surface area contributed by atoms with Crippen molar-refractivity contribution in [3.8, 4) is 5.75 Å². The van der Waals surface area contributed by atoms with Crippen molar-refractivity contribution in [2.24, 2.45) is 11.1 Å². The average Bonchev–Trinajstić information content (AvgIpc) is 2.33. The van der Waals surface area contributed by atoms with E-state index < -0.39 is 0 Å². The Kier molecular flexibility index (Phi) is 4.15. The Morgan fingerprint density at radius 2 is 2.22 bits per heavy atom. The Bertz CT molecular complexity index is 413. The van der Waals surface area contributed by atoms with Crippen LogP contribution in [0, 0.1) is 5.41 Å². The highest BCUT2D eigenvalue weighted by Crippen LogP contribution is 2.51. The molecule has 2 rings (SSSR count). The van der Waals surface area contributed by atoms with Crippen LogP contribution in [-0.4, -0.2) is 20.7 Å². The fourth-order valence-electron chi connectivity index (χ4n) is 2.96. The maximum absolute atomic E-state index is 6.11. The normalized spacial score (nSPS) is 19.1. The lowest BCUT2D eigenvalue weighted by molar-refractivity contribution is 0.0865. The minimum Gasteiger partial charge on any atom is -0.496 e. The largest absolute Gasteiger partial charge is 0.496 e. The zero-order valence-electron chi connectivity index (χ0n) is 11.0. The summed E-state index contributed by atoms with van der Waals surface area (Å²) in [5.74, 6) is 0.874. The zero-order chi connectivity index (χ0) is 13.2. The number of rotatable bonds is 5. The van der Waals surface area contributed by atoms with Crippen LogP contribution in [0.2, 0.25) is 5.02 Å². The number of hydrogen-bond acceptors (Lipinski definition) is 3. The molecule has 0 radical (unpaired) electrons. The summed E-state index contributed by atoms with van der Waals surface area (Å²) >= 11 is 6.11. The van der Waals surface area contributed by atoms with Crippen molar-refractivity contribution in [1.82, 2.24) is 5.32 Å². The fraction of sp³-hybridized carbons (Fsp3) is 0.571. The SMILES string of the molecule is CNC(c1cc(Cl)ccc1OC)C1(CN)CCC1. The molecule has 4 heteroatoms. The van der Waals surface area contributed by atoms with Crippen molar-refractivity contribution >= 4 is 11.6 Å². The Morgan fingerprint density at radius 3 is 2.67 bits per heavy atom. The van der Waals surface area contributed by atoms with Gasteiger partial charge < -0.3 is 15.8 Å². The van der Waals surface area contributed by atoms with Gasteiger partial charge in [0.05, 0.1) is 7.11 Å². The molecule has 3 nitrogen and oxygen atoms in total. The lowest BCUT2D eigenvalue weighted by atomic mass is 9.62. The molecular formula is C14H21ClN2O. The molecule has 1 atom stereocenters. The zero-order valence-corrected chi connectivity index (χ0v) is 11.8. The first kappa shape index (κ1) is 13.7. The molecule has 0 bridgehead atoms. The van der Waals surface area contributed by atoms with Crippen molar-refractivity contribution < 1.29 is 4.74 Å². The topological polar surface area (TPSA) is 47.3 Å². The minimum atomic E-state index is 0.146. The van der Waals surface area contributed by atoms with Crippen LogP contribution in [0.3, 0.4) is 0 Å². The minimum absolute atomic E-state index is 0.146. The van der Waals surface area contributed by atoms with Crippen LogP contribution in [-0.2, 0) is 0 Å². The quantitative estimate of drug-likeness (QED) is 0.863. The molecule has 1 aliphatic carbocycles. The van der Waals surface area contributed by atoms with Gasteiger partial charge in [-0.15, -0.1) is 0 Å². The predicted octanol–water partition coefficient (Wildman–Crippen LogP) is 2.74. The Hall–Kier alpha value is -0.770. The molecule has 0 spiro atoms. The van der Waals surface area contributed by atoms with E-state index in [0.717, 1.165) is 29.2 Å². The second kappa shape index (κ2) is 5.47. The molecule has 18 heavy (non-hydrogen) atoms. The molecule has 1 unspecified atom stereocenters. The molecule has 100 valence electrons. The van der Waals surface area contributed by atoms with Crippen LogP contribution in [0.5, 0.6) is 5.75 Å². The third-order valence-electron chi connectivity index (χ3n) is 4.16. The first-order valence-electron chi connectivity index (χ1n) is 6.37. The highest BCUT2D eigenvalue weighted by molar-refractivity contribution is 6.30. The number of methoxy groups -OCH3 is 1. The van der Waals surface area contributed by atoms with E-state index in [1.165, 1.54) is 6.42 Å². The van der Waals surface area contributed by atoms with E-state index >= 15 is 0 Å². The molecule has 0 aliphatic heterocycles. The molecular weight excluding hydrogens is 248 g/mol. The maximum atomic E-state index is 6.11. The van der Waals surface area contributed by atoms with Crippen molar-refractivity contribution in [3.05, 3.63) is 28.8 Å². The predicted molar refractivity (Wildman–Crippen MR) is 75.1 cm³/mol. The van der Waals surface area contributed by atoms with E-state index in [2.05, 4.69) is 5.32 Å². The van der Waals surface area contributed by atoms with Crippen molar-refractivity contribution in [2.45, 2.75) is 25.3 Å². The van der Waals surface area contributed by atoms with E-state index in [4.69, 9.17) is 22.1 Å². The molecule has 1 saturated carbocycles. The van der Waals surface area contributed by atoms with Gasteiger partial charge in [-0.2, -0.15) is 0 Å². The van der Waals surface area contributed by atoms with Gasteiger partial charge in [0.15, 0.2) is 0 Å². The van der Waals surface area contributed by atoms with Gasteiger partial charge in [0.25, 0.3) is 0 Å². The Morgan fingerprint density at radius 1 is 1.50 bits per heavy atom. The third-order valence-corrected chi connectivity index (χ3v) is 4.39. The first-order chi connectivity index (χ1) is 8.66. The van der Waals surface area contributed by atoms with Crippen molar-refractivity contribution in [2.75, 3.05) is 20.7 Å². The van der Waals surface area contributed by atoms with Crippen molar-refractivity contribution in [1.29, 1.82) is 0 Å². The molecule has 1 aromatic carbocycles. The lowest BCUT2D eigenvalue weighted by Gasteiger charge is -2.47. The van der Waals surface area contributed by atoms with Crippen LogP contribution in [0.1, 0.15) is 30.9 Å². The summed E-state index contributed by atoms with van der Waals surface area (Å²) in [6.07, 6.45) is 3.56. The van der Waals surface area contributed by atoms with Gasteiger partial charge in [0.2, 0.25) is 0 Å². The Balaban J connectivity index is 2.40. The molecule has 1 fully saturated rings. The molecule has 1 aromatic rings. The smallest absolute Gasteiger partial charge is 0.123 e. The van der Waals surface area contributed by atoms with E-state index in [0.29, 0.717) is 6.54 Å². The van der Waals surface area contributed by atoms with E-state index in [1.807, 2.05) is 25.2 Å². The van der Waals surface area contributed by atoms with Gasteiger partial charge in [-0.25, -0.2) is 0 Å². The van der Waals surface area contributed by atoms with Gasteiger partial charge in [-0.3, -0.25) is 0 Å². The first-order valence-corrected chi connectivity index (χ1v) is 6.75. The third kappa shape index (κ3) is 2.22. The maximum Gasteiger partial charge on any atom is 0.123 e. The lowest BCUT2D eigenvalue weighted by Crippen LogP contribution is -2.47. The molecule has 0 heterocycles. The summed E-state index contributed by atoms with van der Waals surface area (Å²) in [6.45, 7) is 0.689. The summed E-state index contributed by atoms with van der Waals surface area (Å²) in [6, 6.07) is 5.96. The summed E-state index contributed by atoms with van der Waals surface area (Å²) in [4.78, 5) is 0. The number of benzene rings is 1. The summed E-state index contributed by atoms with van der Waals surface area (Å²) in [5, 5.41) is 4.13. The molecule has 3 N–H and O–H groups in total. The summed E-state index contributed by atoms with van der Waals surface area (Å²) in [7, 11) is 3.66. The van der Waals surface area contributed by atoms with Crippen LogP contribution >= 0.6 is 11.6 Å². The molecule has 1 aliphatic rings. The number of halogens is 1. The molecule has 0 amide bonds. The molecule has 0 aromatic heterocycles. The van der Waals surface area contributed by atoms with Crippen LogP contribution in [0.4, 0.5) is 0 Å². The number of nitrogens with two attached hydrogens (primary N) is 1. The van der Waals surface area contributed by atoms with Crippen LogP contribution in [0.25, 0.3) is 0 Å². The summed E-state index contributed by atoms with van der Waals surface area (Å²) in [5.41, 5.74) is 7.25. The summed E-state index contributed by atoms with van der Waals surface area (Å²) < 4.78 is 5.45. The highest BCUT2D eigenvalue weighted by Gasteiger charge is 2.43. The average molecular weight is 269 g/mol. The second-order valence-electron chi connectivity index (χ2n) is 5.03. The van der Waals surface area contributed by atoms with Gasteiger partial charge in [-0.05, 0) is 44.6 Å². The van der Waals surface area contributed by atoms with Gasteiger partial charge in [0, 0.05) is 22.0 Å². The van der Waals surface area contributed by atoms with Gasteiger partial charge in [-0.1, -0.05) is 18.0 Å². The fourth-order valence-corrected chi connectivity index (χ4v) is 3.14. The standard InChI is InChI=1S/C14H21ClN2O/c1-17-13(14(9-16)6-3-7-14)11-8-10(15)4-5-12(11)18-2/h4-5,8,13,17H,3,6-7,9,16H2,1-2H3. The number of nitrogens with one attached hydrogen (secondary N) is 1. The monoisotopic (exact) mass is 268 g/mol. The van der Waals surface area contributed by atoms with Gasteiger partial charge >= 0.3 is 0 Å². The van der Waals surface area contributed by atoms with Gasteiger partial charge in [0.1, 0.15) is 5.75 Å².